The van der Waals surface area contributed by atoms with Crippen molar-refractivity contribution in [2.75, 3.05) is 0 Å². The number of Topliss-reactive ketones (excluding diaryl/α,β-unsaturated/α-hetero) is 1. The Balaban J connectivity index is 1.69. The summed E-state index contributed by atoms with van der Waals surface area (Å²) in [5.74, 6) is -2.08. The molecule has 31 heavy (non-hydrogen) atoms. The minimum atomic E-state index is -1.25. The first-order chi connectivity index (χ1) is 14.8. The number of amides is 1. The summed E-state index contributed by atoms with van der Waals surface area (Å²) in [6, 6.07) is 12.0. The van der Waals surface area contributed by atoms with Gasteiger partial charge in [0.25, 0.3) is 5.91 Å². The lowest BCUT2D eigenvalue weighted by Gasteiger charge is -2.15. The van der Waals surface area contributed by atoms with Gasteiger partial charge in [-0.15, -0.1) is 10.2 Å². The second kappa shape index (κ2) is 10.1. The summed E-state index contributed by atoms with van der Waals surface area (Å²) >= 11 is 12.3. The van der Waals surface area contributed by atoms with Gasteiger partial charge in [0.05, 0.1) is 6.42 Å². The van der Waals surface area contributed by atoms with Gasteiger partial charge >= 0.3 is 5.97 Å². The van der Waals surface area contributed by atoms with Crippen LogP contribution in [-0.4, -0.2) is 49.0 Å². The van der Waals surface area contributed by atoms with Gasteiger partial charge in [-0.1, -0.05) is 47.5 Å². The zero-order valence-corrected chi connectivity index (χ0v) is 17.5. The van der Waals surface area contributed by atoms with Gasteiger partial charge in [-0.3, -0.25) is 14.4 Å². The average Bonchev–Trinajstić information content (AvgIpc) is 3.17. The molecule has 0 aliphatic heterocycles. The maximum Gasteiger partial charge on any atom is 0.305 e. The zero-order chi connectivity index (χ0) is 22.4. The molecule has 1 heterocycles. The maximum atomic E-state index is 12.6. The summed E-state index contributed by atoms with van der Waals surface area (Å²) in [6.45, 7) is -0.365. The highest BCUT2D eigenvalue weighted by Crippen LogP contribution is 2.25. The van der Waals surface area contributed by atoms with Crippen molar-refractivity contribution in [1.82, 2.24) is 25.5 Å². The van der Waals surface area contributed by atoms with E-state index >= 15 is 0 Å². The average molecular weight is 462 g/mol. The van der Waals surface area contributed by atoms with Crippen molar-refractivity contribution in [2.24, 2.45) is 0 Å². The molecule has 0 saturated carbocycles. The van der Waals surface area contributed by atoms with Crippen molar-refractivity contribution < 1.29 is 19.5 Å². The Bertz CT molecular complexity index is 1080. The number of aromatic nitrogens is 4. The normalized spacial score (nSPS) is 11.7. The number of carbonyl (C=O) groups excluding carboxylic acids is 2. The summed E-state index contributed by atoms with van der Waals surface area (Å²) in [5, 5.41) is 24.3. The van der Waals surface area contributed by atoms with E-state index in [4.69, 9.17) is 28.3 Å². The lowest BCUT2D eigenvalue weighted by Crippen LogP contribution is -2.44. The number of nitrogens with zero attached hydrogens (tertiary/aromatic N) is 4. The molecule has 0 radical (unpaired) electrons. The summed E-state index contributed by atoms with van der Waals surface area (Å²) < 4.78 is 0. The summed E-state index contributed by atoms with van der Waals surface area (Å²) in [6.07, 6.45) is -0.371. The molecule has 1 amide bonds. The van der Waals surface area contributed by atoms with E-state index in [1.807, 2.05) is 0 Å². The molecule has 160 valence electrons. The van der Waals surface area contributed by atoms with Crippen LogP contribution in [0.15, 0.2) is 48.5 Å². The molecule has 0 aliphatic rings. The zero-order valence-electron chi connectivity index (χ0n) is 16.0. The quantitative estimate of drug-likeness (QED) is 0.500. The molecule has 9 nitrogen and oxygen atoms in total. The first-order valence-electron chi connectivity index (χ1n) is 9.13. The Hall–Kier alpha value is -3.30. The number of nitrogens with one attached hydrogen (secondary N) is 1. The first-order valence-corrected chi connectivity index (χ1v) is 9.89. The molecule has 3 rings (SSSR count). The van der Waals surface area contributed by atoms with Crippen LogP contribution in [0.2, 0.25) is 10.0 Å². The van der Waals surface area contributed by atoms with Gasteiger partial charge in [-0.25, -0.2) is 0 Å². The van der Waals surface area contributed by atoms with E-state index in [1.54, 1.807) is 48.5 Å². The highest BCUT2D eigenvalue weighted by atomic mass is 35.5. The van der Waals surface area contributed by atoms with Crippen LogP contribution in [0.4, 0.5) is 0 Å². The van der Waals surface area contributed by atoms with Crippen LogP contribution >= 0.6 is 23.2 Å². The van der Waals surface area contributed by atoms with Crippen molar-refractivity contribution in [3.8, 4) is 0 Å². The molecule has 11 heteroatoms. The van der Waals surface area contributed by atoms with Crippen LogP contribution in [0.3, 0.4) is 0 Å². The number of halogens is 2. The monoisotopic (exact) mass is 461 g/mol. The van der Waals surface area contributed by atoms with Gasteiger partial charge in [-0.2, -0.15) is 4.80 Å². The molecule has 0 aliphatic carbocycles. The molecule has 0 bridgehead atoms. The molecule has 1 atom stereocenters. The Morgan fingerprint density at radius 3 is 2.35 bits per heavy atom. The third-order valence-electron chi connectivity index (χ3n) is 4.30. The maximum absolute atomic E-state index is 12.6. The van der Waals surface area contributed by atoms with Gasteiger partial charge < -0.3 is 10.4 Å². The second-order valence-corrected chi connectivity index (χ2v) is 7.38. The molecule has 2 aromatic carbocycles. The largest absolute Gasteiger partial charge is 0.481 e. The number of carboxylic acids is 1. The number of ketones is 1. The fraction of sp³-hybridized carbons (Fsp3) is 0.200. The number of aliphatic carboxylic acids is 1. The number of tetrazole rings is 1. The van der Waals surface area contributed by atoms with Gasteiger partial charge in [0, 0.05) is 22.0 Å². The van der Waals surface area contributed by atoms with Gasteiger partial charge in [-0.05, 0) is 35.0 Å². The predicted octanol–water partition coefficient (Wildman–Crippen LogP) is 2.41. The Morgan fingerprint density at radius 1 is 1.03 bits per heavy atom. The third kappa shape index (κ3) is 6.09. The molecule has 0 saturated heterocycles. The minimum Gasteiger partial charge on any atom is -0.481 e. The molecule has 3 aromatic rings. The lowest BCUT2D eigenvalue weighted by molar-refractivity contribution is -0.139. The predicted molar refractivity (Wildman–Crippen MR) is 112 cm³/mol. The van der Waals surface area contributed by atoms with Gasteiger partial charge in [0.1, 0.15) is 12.6 Å². The van der Waals surface area contributed by atoms with Crippen molar-refractivity contribution in [3.05, 3.63) is 75.5 Å². The van der Waals surface area contributed by atoms with Crippen LogP contribution in [0, 0.1) is 0 Å². The number of rotatable bonds is 9. The Morgan fingerprint density at radius 2 is 1.71 bits per heavy atom. The molecule has 1 unspecified atom stereocenters. The number of hydrogen-bond donors (Lipinski definition) is 2. The summed E-state index contributed by atoms with van der Waals surface area (Å²) in [7, 11) is 0. The van der Waals surface area contributed by atoms with Crippen molar-refractivity contribution in [2.45, 2.75) is 25.4 Å². The minimum absolute atomic E-state index is 0.204. The summed E-state index contributed by atoms with van der Waals surface area (Å²) in [5.41, 5.74) is 0.930. The van der Waals surface area contributed by atoms with Gasteiger partial charge in [0.15, 0.2) is 11.6 Å². The fourth-order valence-corrected chi connectivity index (χ4v) is 3.31. The number of carboxylic acid groups (broad SMARTS) is 1. The van der Waals surface area contributed by atoms with Gasteiger partial charge in [0.2, 0.25) is 0 Å². The Labute approximate surface area is 187 Å². The topological polar surface area (TPSA) is 127 Å². The molecule has 0 spiro atoms. The van der Waals surface area contributed by atoms with Crippen LogP contribution in [0.25, 0.3) is 0 Å². The summed E-state index contributed by atoms with van der Waals surface area (Å²) in [4.78, 5) is 37.2. The van der Waals surface area contributed by atoms with Crippen molar-refractivity contribution in [1.29, 1.82) is 0 Å². The van der Waals surface area contributed by atoms with E-state index in [2.05, 4.69) is 20.7 Å². The molecule has 2 N–H and O–H groups in total. The van der Waals surface area contributed by atoms with E-state index in [1.165, 1.54) is 0 Å². The van der Waals surface area contributed by atoms with E-state index < -0.39 is 30.1 Å². The van der Waals surface area contributed by atoms with E-state index in [0.717, 1.165) is 4.80 Å². The third-order valence-corrected chi connectivity index (χ3v) is 5.01. The Kier molecular flexibility index (Phi) is 7.32. The standard InChI is InChI=1S/C20H17Cl2N5O4/c21-14-7-4-8-15(22)13(14)9-18-24-26-27(25-18)11-17(28)16(10-19(29)30)23-20(31)12-5-2-1-3-6-12/h1-8,16H,9-11H2,(H,23,31)(H,29,30). The van der Waals surface area contributed by atoms with E-state index in [9.17, 15) is 14.4 Å². The van der Waals surface area contributed by atoms with Crippen LogP contribution in [-0.2, 0) is 22.6 Å². The molecular formula is C20H17Cl2N5O4. The number of hydrogen-bond acceptors (Lipinski definition) is 6. The highest BCUT2D eigenvalue weighted by Gasteiger charge is 2.25. The number of benzene rings is 2. The highest BCUT2D eigenvalue weighted by molar-refractivity contribution is 6.36. The first kappa shape index (κ1) is 22.4. The molecular weight excluding hydrogens is 445 g/mol. The van der Waals surface area contributed by atoms with Crippen molar-refractivity contribution >= 4 is 40.9 Å². The van der Waals surface area contributed by atoms with E-state index in [0.29, 0.717) is 21.2 Å². The second-order valence-electron chi connectivity index (χ2n) is 6.57. The molecule has 0 fully saturated rings. The molecule has 1 aromatic heterocycles. The van der Waals surface area contributed by atoms with Crippen molar-refractivity contribution in [3.63, 3.8) is 0 Å². The smallest absolute Gasteiger partial charge is 0.305 e. The van der Waals surface area contributed by atoms with Crippen LogP contribution in [0.5, 0.6) is 0 Å². The SMILES string of the molecule is O=C(O)CC(NC(=O)c1ccccc1)C(=O)Cn1nnc(Cc2c(Cl)cccc2Cl)n1. The lowest BCUT2D eigenvalue weighted by atomic mass is 10.1. The van der Waals surface area contributed by atoms with Crippen LogP contribution in [0.1, 0.15) is 28.2 Å². The van der Waals surface area contributed by atoms with E-state index in [-0.39, 0.29) is 18.8 Å². The number of carbonyl (C=O) groups is 3. The fourth-order valence-electron chi connectivity index (χ4n) is 2.77. The van der Waals surface area contributed by atoms with Crippen LogP contribution < -0.4 is 5.32 Å².